The van der Waals surface area contributed by atoms with Crippen LogP contribution in [0.1, 0.15) is 61.5 Å². The van der Waals surface area contributed by atoms with Gasteiger partial charge in [0.25, 0.3) is 5.91 Å². The monoisotopic (exact) mass is 569 g/mol. The molecule has 0 spiro atoms. The molecule has 3 aromatic carbocycles. The van der Waals surface area contributed by atoms with E-state index in [0.29, 0.717) is 44.8 Å². The maximum absolute atomic E-state index is 13.8. The van der Waals surface area contributed by atoms with Crippen molar-refractivity contribution in [3.05, 3.63) is 95.7 Å². The summed E-state index contributed by atoms with van der Waals surface area (Å²) in [4.78, 5) is 34.2. The van der Waals surface area contributed by atoms with Crippen LogP contribution >= 0.6 is 0 Å². The second-order valence-electron chi connectivity index (χ2n) is 10.5. The molecule has 4 rings (SSSR count). The Bertz CT molecular complexity index is 1410. The molecule has 0 radical (unpaired) electrons. The molecular weight excluding hydrogens is 526 g/mol. The summed E-state index contributed by atoms with van der Waals surface area (Å²) in [6.07, 6.45) is 5.53. The SMILES string of the molecule is CCCCOc1ccc(C(=O)N(CCC)CC(=O)N(CCc2c[nH]c3ccccc23)Cc2ccc(OCC)cc2)cc1. The van der Waals surface area contributed by atoms with Crippen LogP contribution in [0.5, 0.6) is 11.5 Å². The predicted octanol–water partition coefficient (Wildman–Crippen LogP) is 6.87. The minimum Gasteiger partial charge on any atom is -0.494 e. The number of hydrogen-bond donors (Lipinski definition) is 1. The molecule has 0 atom stereocenters. The largest absolute Gasteiger partial charge is 0.494 e. The van der Waals surface area contributed by atoms with Crippen molar-refractivity contribution in [3.63, 3.8) is 0 Å². The number of aromatic amines is 1. The van der Waals surface area contributed by atoms with Gasteiger partial charge in [-0.15, -0.1) is 0 Å². The highest BCUT2D eigenvalue weighted by atomic mass is 16.5. The number of para-hydroxylation sites is 1. The van der Waals surface area contributed by atoms with Crippen LogP contribution in [-0.4, -0.2) is 59.4 Å². The van der Waals surface area contributed by atoms with Crippen LogP contribution in [0.25, 0.3) is 10.9 Å². The van der Waals surface area contributed by atoms with E-state index in [1.807, 2.05) is 73.5 Å². The van der Waals surface area contributed by atoms with E-state index in [-0.39, 0.29) is 18.4 Å². The summed E-state index contributed by atoms with van der Waals surface area (Å²) in [6, 6.07) is 23.3. The molecule has 0 aliphatic heterocycles. The fraction of sp³-hybridized carbons (Fsp3) is 0.371. The first-order valence-corrected chi connectivity index (χ1v) is 15.1. The Kier molecular flexibility index (Phi) is 11.4. The number of nitrogens with one attached hydrogen (secondary N) is 1. The lowest BCUT2D eigenvalue weighted by molar-refractivity contribution is -0.132. The van der Waals surface area contributed by atoms with Crippen molar-refractivity contribution in [2.45, 2.75) is 53.0 Å². The number of carbonyl (C=O) groups excluding carboxylic acids is 2. The average molecular weight is 570 g/mol. The number of unbranched alkanes of at least 4 members (excludes halogenated alkanes) is 1. The molecule has 0 fully saturated rings. The lowest BCUT2D eigenvalue weighted by Gasteiger charge is -2.28. The molecule has 0 saturated heterocycles. The Hall–Kier alpha value is -4.26. The molecule has 4 aromatic rings. The quantitative estimate of drug-likeness (QED) is 0.150. The van der Waals surface area contributed by atoms with Gasteiger partial charge in [0.05, 0.1) is 13.2 Å². The van der Waals surface area contributed by atoms with Crippen LogP contribution in [0, 0.1) is 0 Å². The predicted molar refractivity (Wildman–Crippen MR) is 168 cm³/mol. The number of rotatable bonds is 16. The summed E-state index contributed by atoms with van der Waals surface area (Å²) in [5, 5.41) is 1.16. The Labute approximate surface area is 249 Å². The smallest absolute Gasteiger partial charge is 0.254 e. The summed E-state index contributed by atoms with van der Waals surface area (Å²) in [7, 11) is 0. The molecule has 222 valence electrons. The van der Waals surface area contributed by atoms with Crippen LogP contribution in [0.15, 0.2) is 79.0 Å². The summed E-state index contributed by atoms with van der Waals surface area (Å²) in [5.41, 5.74) is 3.81. The van der Waals surface area contributed by atoms with E-state index in [4.69, 9.17) is 9.47 Å². The third kappa shape index (κ3) is 8.38. The number of aromatic nitrogens is 1. The zero-order chi connectivity index (χ0) is 29.7. The van der Waals surface area contributed by atoms with Crippen LogP contribution in [0.2, 0.25) is 0 Å². The van der Waals surface area contributed by atoms with Gasteiger partial charge >= 0.3 is 0 Å². The lowest BCUT2D eigenvalue weighted by Crippen LogP contribution is -2.43. The van der Waals surface area contributed by atoms with Gasteiger partial charge in [0.2, 0.25) is 5.91 Å². The maximum atomic E-state index is 13.8. The van der Waals surface area contributed by atoms with Gasteiger partial charge < -0.3 is 24.3 Å². The van der Waals surface area contributed by atoms with Gasteiger partial charge in [0.1, 0.15) is 18.0 Å². The summed E-state index contributed by atoms with van der Waals surface area (Å²) in [5.74, 6) is 1.32. The average Bonchev–Trinajstić information content (AvgIpc) is 3.43. The molecule has 0 bridgehead atoms. The first kappa shape index (κ1) is 30.7. The van der Waals surface area contributed by atoms with Gasteiger partial charge in [-0.25, -0.2) is 0 Å². The molecule has 0 aliphatic rings. The number of fused-ring (bicyclic) bond motifs is 1. The minimum absolute atomic E-state index is 0.0202. The minimum atomic E-state index is -0.150. The molecule has 2 amide bonds. The molecule has 7 heteroatoms. The van der Waals surface area contributed by atoms with Gasteiger partial charge in [-0.1, -0.05) is 50.6 Å². The molecule has 1 aromatic heterocycles. The summed E-state index contributed by atoms with van der Waals surface area (Å²) in [6.45, 7) is 8.86. The number of amides is 2. The molecule has 7 nitrogen and oxygen atoms in total. The fourth-order valence-corrected chi connectivity index (χ4v) is 4.96. The number of benzene rings is 3. The van der Waals surface area contributed by atoms with Crippen LogP contribution in [0.4, 0.5) is 0 Å². The molecule has 1 N–H and O–H groups in total. The maximum Gasteiger partial charge on any atom is 0.254 e. The van der Waals surface area contributed by atoms with E-state index in [2.05, 4.69) is 24.0 Å². The third-order valence-electron chi connectivity index (χ3n) is 7.26. The standard InChI is InChI=1S/C35H43N3O4/c1-4-7-23-42-31-18-14-28(15-19-31)35(40)38(21-5-2)26-34(39)37(25-27-12-16-30(17-13-27)41-6-3)22-20-29-24-36-33-11-9-8-10-32(29)33/h8-19,24,36H,4-7,20-23,25-26H2,1-3H3. The normalized spacial score (nSPS) is 10.9. The van der Waals surface area contributed by atoms with Crippen molar-refractivity contribution in [1.82, 2.24) is 14.8 Å². The summed E-state index contributed by atoms with van der Waals surface area (Å²) < 4.78 is 11.3. The Morgan fingerprint density at radius 3 is 2.21 bits per heavy atom. The Morgan fingerprint density at radius 2 is 1.50 bits per heavy atom. The third-order valence-corrected chi connectivity index (χ3v) is 7.26. The van der Waals surface area contributed by atoms with Gasteiger partial charge in [0.15, 0.2) is 0 Å². The fourth-order valence-electron chi connectivity index (χ4n) is 4.96. The summed E-state index contributed by atoms with van der Waals surface area (Å²) >= 11 is 0. The van der Waals surface area contributed by atoms with Crippen molar-refractivity contribution in [1.29, 1.82) is 0 Å². The van der Waals surface area contributed by atoms with E-state index >= 15 is 0 Å². The van der Waals surface area contributed by atoms with Gasteiger partial charge in [-0.05, 0) is 79.8 Å². The van der Waals surface area contributed by atoms with Gasteiger partial charge in [0, 0.05) is 42.3 Å². The van der Waals surface area contributed by atoms with Crippen molar-refractivity contribution in [3.8, 4) is 11.5 Å². The van der Waals surface area contributed by atoms with E-state index in [1.165, 1.54) is 0 Å². The van der Waals surface area contributed by atoms with E-state index < -0.39 is 0 Å². The molecular formula is C35H43N3O4. The first-order chi connectivity index (χ1) is 20.5. The molecule has 0 unspecified atom stereocenters. The van der Waals surface area contributed by atoms with E-state index in [9.17, 15) is 9.59 Å². The zero-order valence-corrected chi connectivity index (χ0v) is 25.1. The van der Waals surface area contributed by atoms with Crippen LogP contribution < -0.4 is 9.47 Å². The van der Waals surface area contributed by atoms with Gasteiger partial charge in [-0.3, -0.25) is 9.59 Å². The Morgan fingerprint density at radius 1 is 0.786 bits per heavy atom. The van der Waals surface area contributed by atoms with Crippen LogP contribution in [0.3, 0.4) is 0 Å². The second-order valence-corrected chi connectivity index (χ2v) is 10.5. The van der Waals surface area contributed by atoms with E-state index in [0.717, 1.165) is 52.8 Å². The highest BCUT2D eigenvalue weighted by molar-refractivity contribution is 5.96. The molecule has 1 heterocycles. The first-order valence-electron chi connectivity index (χ1n) is 15.1. The number of nitrogens with zero attached hydrogens (tertiary/aromatic N) is 2. The second kappa shape index (κ2) is 15.7. The van der Waals surface area contributed by atoms with Crippen molar-refractivity contribution >= 4 is 22.7 Å². The van der Waals surface area contributed by atoms with Crippen LogP contribution in [-0.2, 0) is 17.8 Å². The molecule has 0 aliphatic carbocycles. The van der Waals surface area contributed by atoms with Gasteiger partial charge in [-0.2, -0.15) is 0 Å². The van der Waals surface area contributed by atoms with Crippen molar-refractivity contribution in [2.24, 2.45) is 0 Å². The van der Waals surface area contributed by atoms with Crippen molar-refractivity contribution < 1.29 is 19.1 Å². The van der Waals surface area contributed by atoms with Crippen molar-refractivity contribution in [2.75, 3.05) is 32.8 Å². The number of hydrogen-bond acceptors (Lipinski definition) is 4. The lowest BCUT2D eigenvalue weighted by atomic mass is 10.1. The number of H-pyrrole nitrogens is 1. The highest BCUT2D eigenvalue weighted by Crippen LogP contribution is 2.20. The number of ether oxygens (including phenoxy) is 2. The molecule has 42 heavy (non-hydrogen) atoms. The molecule has 0 saturated carbocycles. The highest BCUT2D eigenvalue weighted by Gasteiger charge is 2.23. The number of carbonyl (C=O) groups is 2. The topological polar surface area (TPSA) is 74.9 Å². The Balaban J connectivity index is 1.49. The van der Waals surface area contributed by atoms with E-state index in [1.54, 1.807) is 17.0 Å². The zero-order valence-electron chi connectivity index (χ0n) is 25.1.